The van der Waals surface area contributed by atoms with Crippen molar-refractivity contribution < 1.29 is 9.21 Å². The lowest BCUT2D eigenvalue weighted by Crippen LogP contribution is -2.21. The molecule has 1 heterocycles. The van der Waals surface area contributed by atoms with Gasteiger partial charge in [0.2, 0.25) is 5.91 Å². The molecule has 1 unspecified atom stereocenters. The van der Waals surface area contributed by atoms with Gasteiger partial charge in [-0.3, -0.25) is 4.79 Å². The van der Waals surface area contributed by atoms with Crippen molar-refractivity contribution in [2.45, 2.75) is 96.3 Å². The van der Waals surface area contributed by atoms with Crippen LogP contribution in [0.15, 0.2) is 35.0 Å². The maximum Gasteiger partial charge on any atom is 0.228 e. The van der Waals surface area contributed by atoms with E-state index in [2.05, 4.69) is 19.1 Å². The molecule has 1 amide bonds. The summed E-state index contributed by atoms with van der Waals surface area (Å²) in [4.78, 5) is 11.5. The minimum atomic E-state index is -0.285. The van der Waals surface area contributed by atoms with Crippen molar-refractivity contribution in [1.82, 2.24) is 0 Å². The number of allylic oxidation sites excluding steroid dienone is 2. The van der Waals surface area contributed by atoms with Crippen LogP contribution in [0.4, 0.5) is 0 Å². The minimum Gasteiger partial charge on any atom is -0.469 e. The van der Waals surface area contributed by atoms with Crippen molar-refractivity contribution >= 4 is 5.91 Å². The van der Waals surface area contributed by atoms with Gasteiger partial charge in [-0.15, -0.1) is 0 Å². The third-order valence-corrected chi connectivity index (χ3v) is 4.73. The molecule has 1 rings (SSSR count). The zero-order valence-electron chi connectivity index (χ0n) is 16.1. The number of hydrogen-bond acceptors (Lipinski definition) is 2. The molecule has 1 atom stereocenters. The molecule has 3 heteroatoms. The summed E-state index contributed by atoms with van der Waals surface area (Å²) in [5.74, 6) is 0.143. The van der Waals surface area contributed by atoms with Gasteiger partial charge in [0.15, 0.2) is 0 Å². The molecule has 2 N–H and O–H groups in total. The average molecular weight is 348 g/mol. The summed E-state index contributed by atoms with van der Waals surface area (Å²) >= 11 is 0. The lowest BCUT2D eigenvalue weighted by atomic mass is 9.97. The maximum atomic E-state index is 11.5. The maximum absolute atomic E-state index is 11.5. The fourth-order valence-corrected chi connectivity index (χ4v) is 3.16. The Morgan fingerprint density at radius 1 is 1.00 bits per heavy atom. The van der Waals surface area contributed by atoms with E-state index >= 15 is 0 Å². The van der Waals surface area contributed by atoms with Gasteiger partial charge in [-0.25, -0.2) is 0 Å². The highest BCUT2D eigenvalue weighted by Gasteiger charge is 2.19. The number of amides is 1. The summed E-state index contributed by atoms with van der Waals surface area (Å²) in [7, 11) is 0. The van der Waals surface area contributed by atoms with Crippen LogP contribution in [0.2, 0.25) is 0 Å². The molecule has 0 saturated heterocycles. The smallest absolute Gasteiger partial charge is 0.228 e. The van der Waals surface area contributed by atoms with E-state index < -0.39 is 0 Å². The van der Waals surface area contributed by atoms with Crippen LogP contribution in [-0.2, 0) is 4.79 Å². The van der Waals surface area contributed by atoms with Gasteiger partial charge in [0.05, 0.1) is 12.2 Å². The van der Waals surface area contributed by atoms with Gasteiger partial charge in [-0.2, -0.15) is 0 Å². The van der Waals surface area contributed by atoms with Crippen molar-refractivity contribution in [3.05, 3.63) is 36.3 Å². The van der Waals surface area contributed by atoms with Crippen molar-refractivity contribution in [3.63, 3.8) is 0 Å². The zero-order chi connectivity index (χ0) is 18.2. The quantitative estimate of drug-likeness (QED) is 0.274. The Bertz CT molecular complexity index is 451. The van der Waals surface area contributed by atoms with Gasteiger partial charge in [0.1, 0.15) is 5.76 Å². The summed E-state index contributed by atoms with van der Waals surface area (Å²) in [6.45, 7) is 2.26. The van der Waals surface area contributed by atoms with Crippen molar-refractivity contribution in [2.24, 2.45) is 5.73 Å². The summed E-state index contributed by atoms with van der Waals surface area (Å²) in [5.41, 5.74) is 5.47. The second kappa shape index (κ2) is 14.8. The van der Waals surface area contributed by atoms with Crippen LogP contribution in [0.25, 0.3) is 0 Å². The van der Waals surface area contributed by atoms with Gasteiger partial charge in [0, 0.05) is 0 Å². The molecular weight excluding hydrogens is 310 g/mol. The highest BCUT2D eigenvalue weighted by atomic mass is 16.3. The van der Waals surface area contributed by atoms with Crippen LogP contribution in [0.3, 0.4) is 0 Å². The van der Waals surface area contributed by atoms with Crippen molar-refractivity contribution in [1.29, 1.82) is 0 Å². The molecule has 25 heavy (non-hydrogen) atoms. The van der Waals surface area contributed by atoms with E-state index in [1.54, 1.807) is 6.26 Å². The molecule has 0 saturated carbocycles. The number of nitrogens with two attached hydrogens (primary N) is 1. The highest BCUT2D eigenvalue weighted by molar-refractivity contribution is 5.81. The van der Waals surface area contributed by atoms with E-state index in [1.807, 2.05) is 12.1 Å². The summed E-state index contributed by atoms with van der Waals surface area (Å²) in [6, 6.07) is 3.65. The molecule has 0 aromatic carbocycles. The van der Waals surface area contributed by atoms with Gasteiger partial charge in [0.25, 0.3) is 0 Å². The SMILES string of the molecule is CCCCCCCC/C=C\CCCCCCC(C(N)=O)c1ccco1. The molecule has 1 aromatic rings. The molecule has 0 bridgehead atoms. The monoisotopic (exact) mass is 347 g/mol. The highest BCUT2D eigenvalue weighted by Crippen LogP contribution is 2.23. The first-order valence-electron chi connectivity index (χ1n) is 10.2. The first-order chi connectivity index (χ1) is 12.3. The van der Waals surface area contributed by atoms with Crippen LogP contribution in [0.1, 0.15) is 102 Å². The topological polar surface area (TPSA) is 56.2 Å². The second-order valence-corrected chi connectivity index (χ2v) is 6.99. The van der Waals surface area contributed by atoms with E-state index in [-0.39, 0.29) is 11.8 Å². The van der Waals surface area contributed by atoms with Crippen molar-refractivity contribution in [2.75, 3.05) is 0 Å². The second-order valence-electron chi connectivity index (χ2n) is 6.99. The number of furan rings is 1. The van der Waals surface area contributed by atoms with E-state index in [0.717, 1.165) is 19.3 Å². The van der Waals surface area contributed by atoms with Crippen molar-refractivity contribution in [3.8, 4) is 0 Å². The van der Waals surface area contributed by atoms with Crippen LogP contribution < -0.4 is 5.73 Å². The van der Waals surface area contributed by atoms with Crippen LogP contribution in [0, 0.1) is 0 Å². The third-order valence-electron chi connectivity index (χ3n) is 4.73. The Kier molecular flexibility index (Phi) is 12.7. The van der Waals surface area contributed by atoms with Gasteiger partial charge >= 0.3 is 0 Å². The molecule has 0 aliphatic heterocycles. The van der Waals surface area contributed by atoms with E-state index in [0.29, 0.717) is 5.76 Å². The fourth-order valence-electron chi connectivity index (χ4n) is 3.16. The van der Waals surface area contributed by atoms with E-state index in [9.17, 15) is 4.79 Å². The molecule has 0 fully saturated rings. The Balaban J connectivity index is 1.94. The number of hydrogen-bond donors (Lipinski definition) is 1. The molecule has 0 aliphatic carbocycles. The first-order valence-corrected chi connectivity index (χ1v) is 10.2. The largest absolute Gasteiger partial charge is 0.469 e. The Morgan fingerprint density at radius 3 is 2.16 bits per heavy atom. The molecule has 0 aliphatic rings. The van der Waals surface area contributed by atoms with Crippen LogP contribution in [0.5, 0.6) is 0 Å². The molecule has 0 spiro atoms. The third kappa shape index (κ3) is 10.9. The molecule has 3 nitrogen and oxygen atoms in total. The first kappa shape index (κ1) is 21.5. The summed E-state index contributed by atoms with van der Waals surface area (Å²) in [5, 5.41) is 0. The lowest BCUT2D eigenvalue weighted by Gasteiger charge is -2.10. The minimum absolute atomic E-state index is 0.271. The Morgan fingerprint density at radius 2 is 1.60 bits per heavy atom. The molecule has 0 radical (unpaired) electrons. The summed E-state index contributed by atoms with van der Waals surface area (Å²) < 4.78 is 5.32. The molecule has 1 aromatic heterocycles. The van der Waals surface area contributed by atoms with Gasteiger partial charge in [-0.05, 0) is 44.2 Å². The Labute approximate surface area is 154 Å². The molecule has 142 valence electrons. The van der Waals surface area contributed by atoms with Gasteiger partial charge < -0.3 is 10.2 Å². The number of carbonyl (C=O) groups excluding carboxylic acids is 1. The lowest BCUT2D eigenvalue weighted by molar-refractivity contribution is -0.120. The predicted molar refractivity (Wildman–Crippen MR) is 105 cm³/mol. The fraction of sp³-hybridized carbons (Fsp3) is 0.682. The predicted octanol–water partition coefficient (Wildman–Crippen LogP) is 6.50. The normalized spacial score (nSPS) is 12.7. The number of rotatable bonds is 16. The average Bonchev–Trinajstić information content (AvgIpc) is 3.12. The number of carbonyl (C=O) groups is 1. The van der Waals surface area contributed by atoms with Crippen LogP contribution in [-0.4, -0.2) is 5.91 Å². The van der Waals surface area contributed by atoms with E-state index in [4.69, 9.17) is 10.2 Å². The molecular formula is C22H37NO2. The summed E-state index contributed by atoms with van der Waals surface area (Å²) in [6.07, 6.45) is 22.3. The van der Waals surface area contributed by atoms with Crippen LogP contribution >= 0.6 is 0 Å². The number of primary amides is 1. The number of unbranched alkanes of at least 4 members (excludes halogenated alkanes) is 10. The van der Waals surface area contributed by atoms with E-state index in [1.165, 1.54) is 64.2 Å². The standard InChI is InChI=1S/C22H37NO2/c1-2-3-4-5-6-7-8-9-10-11-12-13-14-15-17-20(22(23)24)21-18-16-19-25-21/h9-10,16,18-20H,2-8,11-15,17H2,1H3,(H2,23,24)/b10-9-. The zero-order valence-corrected chi connectivity index (χ0v) is 16.1. The Hall–Kier alpha value is -1.51. The van der Waals surface area contributed by atoms with Gasteiger partial charge in [-0.1, -0.05) is 70.4 Å².